The van der Waals surface area contributed by atoms with Crippen LogP contribution in [0.25, 0.3) is 0 Å². The molecular weight excluding hydrogens is 371 g/mol. The molecule has 150 valence electrons. The number of nitrogens with zero attached hydrogens (tertiary/aromatic N) is 1. The molecule has 1 saturated carbocycles. The number of halogens is 3. The Morgan fingerprint density at radius 3 is 2.75 bits per heavy atom. The number of fused-ring (bicyclic) bond motifs is 1. The Kier molecular flexibility index (Phi) is 4.18. The van der Waals surface area contributed by atoms with Gasteiger partial charge < -0.3 is 26.7 Å². The highest BCUT2D eigenvalue weighted by Crippen LogP contribution is 2.50. The van der Waals surface area contributed by atoms with Crippen LogP contribution in [0.15, 0.2) is 23.5 Å². The smallest absolute Gasteiger partial charge is 0.252 e. The second-order valence-electron chi connectivity index (χ2n) is 8.13. The minimum Gasteiger partial charge on any atom is -0.366 e. The molecule has 0 bridgehead atoms. The van der Waals surface area contributed by atoms with E-state index in [1.165, 1.54) is 12.3 Å². The summed E-state index contributed by atoms with van der Waals surface area (Å²) in [5.41, 5.74) is 6.33. The molecule has 1 amide bonds. The summed E-state index contributed by atoms with van der Waals surface area (Å²) >= 11 is 0. The topological polar surface area (TPSA) is 94.2 Å². The number of hydrogen-bond donors (Lipinski definition) is 4. The Morgan fingerprint density at radius 2 is 2.14 bits per heavy atom. The predicted octanol–water partition coefficient (Wildman–Crippen LogP) is 2.99. The van der Waals surface area contributed by atoms with Crippen LogP contribution in [0, 0.1) is 22.6 Å². The maximum atomic E-state index is 13.8. The number of alkyl halides is 2. The number of carbonyl (C=O) groups excluding carboxylic acids is 1. The summed E-state index contributed by atoms with van der Waals surface area (Å²) in [4.78, 5) is 13.6. The van der Waals surface area contributed by atoms with E-state index in [-0.39, 0.29) is 12.0 Å². The standard InChI is InChI=1S/C19H22F3N5O/c1-18(2-3-27(9-18)8-10-6-19(10,21)22)13(7-23)17-25-14-5-11(20)4-12(16(24)28)15(14)26-17/h4-5,7,10,23,25-26H,2-3,6,8-9H2,1H3,(H2,24,28)/b17-13+,23-7?. The molecule has 4 rings (SSSR count). The number of benzene rings is 1. The van der Waals surface area contributed by atoms with Gasteiger partial charge in [0.15, 0.2) is 0 Å². The van der Waals surface area contributed by atoms with E-state index in [9.17, 15) is 18.0 Å². The van der Waals surface area contributed by atoms with E-state index in [0.29, 0.717) is 48.8 Å². The lowest BCUT2D eigenvalue weighted by Gasteiger charge is -2.27. The maximum Gasteiger partial charge on any atom is 0.252 e. The molecule has 3 aliphatic rings. The van der Waals surface area contributed by atoms with Crippen molar-refractivity contribution >= 4 is 23.5 Å². The zero-order valence-electron chi connectivity index (χ0n) is 15.4. The monoisotopic (exact) mass is 393 g/mol. The van der Waals surface area contributed by atoms with Gasteiger partial charge >= 0.3 is 0 Å². The van der Waals surface area contributed by atoms with Crippen LogP contribution in [0.3, 0.4) is 0 Å². The fraction of sp³-hybridized carbons (Fsp3) is 0.474. The van der Waals surface area contributed by atoms with Gasteiger partial charge in [-0.25, -0.2) is 13.2 Å². The number of nitrogens with one attached hydrogen (secondary N) is 3. The van der Waals surface area contributed by atoms with Gasteiger partial charge in [0.1, 0.15) is 11.6 Å². The molecule has 2 unspecified atom stereocenters. The molecule has 6 nitrogen and oxygen atoms in total. The van der Waals surface area contributed by atoms with Crippen LogP contribution < -0.4 is 16.4 Å². The van der Waals surface area contributed by atoms with Gasteiger partial charge in [0.25, 0.3) is 11.8 Å². The molecule has 0 spiro atoms. The van der Waals surface area contributed by atoms with Gasteiger partial charge in [-0.15, -0.1) is 0 Å². The van der Waals surface area contributed by atoms with Crippen molar-refractivity contribution < 1.29 is 18.0 Å². The van der Waals surface area contributed by atoms with Gasteiger partial charge in [-0.05, 0) is 25.1 Å². The molecule has 9 heteroatoms. The minimum absolute atomic E-state index is 0.0241. The van der Waals surface area contributed by atoms with Crippen molar-refractivity contribution in [3.63, 3.8) is 0 Å². The molecule has 1 aromatic carbocycles. The second-order valence-corrected chi connectivity index (χ2v) is 8.13. The Bertz CT molecular complexity index is 900. The summed E-state index contributed by atoms with van der Waals surface area (Å²) in [6, 6.07) is 2.32. The van der Waals surface area contributed by atoms with E-state index in [2.05, 4.69) is 10.6 Å². The first-order valence-corrected chi connectivity index (χ1v) is 9.16. The fourth-order valence-electron chi connectivity index (χ4n) is 4.22. The van der Waals surface area contributed by atoms with Crippen LogP contribution in [0.2, 0.25) is 0 Å². The number of rotatable bonds is 5. The first-order chi connectivity index (χ1) is 13.1. The zero-order valence-corrected chi connectivity index (χ0v) is 15.4. The summed E-state index contributed by atoms with van der Waals surface area (Å²) in [5, 5.41) is 14.0. The summed E-state index contributed by atoms with van der Waals surface area (Å²) < 4.78 is 40.3. The Balaban J connectivity index is 1.58. The lowest BCUT2D eigenvalue weighted by Crippen LogP contribution is -2.31. The number of anilines is 2. The van der Waals surface area contributed by atoms with E-state index in [4.69, 9.17) is 11.1 Å². The lowest BCUT2D eigenvalue weighted by atomic mass is 9.81. The van der Waals surface area contributed by atoms with E-state index >= 15 is 0 Å². The summed E-state index contributed by atoms with van der Waals surface area (Å²) in [6.45, 7) is 3.54. The van der Waals surface area contributed by atoms with Gasteiger partial charge in [0.05, 0.1) is 16.9 Å². The van der Waals surface area contributed by atoms with Gasteiger partial charge in [0.2, 0.25) is 0 Å². The average molecular weight is 393 g/mol. The minimum atomic E-state index is -2.55. The van der Waals surface area contributed by atoms with Crippen molar-refractivity contribution in [2.75, 3.05) is 30.3 Å². The maximum absolute atomic E-state index is 13.8. The van der Waals surface area contributed by atoms with Crippen molar-refractivity contribution in [2.24, 2.45) is 17.1 Å². The van der Waals surface area contributed by atoms with Crippen molar-refractivity contribution in [1.29, 1.82) is 5.41 Å². The third-order valence-corrected chi connectivity index (χ3v) is 5.93. The molecule has 1 aliphatic carbocycles. The van der Waals surface area contributed by atoms with Crippen LogP contribution >= 0.6 is 0 Å². The number of carbonyl (C=O) groups is 1. The largest absolute Gasteiger partial charge is 0.366 e. The molecule has 0 radical (unpaired) electrons. The number of amides is 1. The summed E-state index contributed by atoms with van der Waals surface area (Å²) in [6.07, 6.45) is 1.87. The van der Waals surface area contributed by atoms with Crippen molar-refractivity contribution in [2.45, 2.75) is 25.7 Å². The number of hydrogen-bond acceptors (Lipinski definition) is 5. The molecule has 2 aliphatic heterocycles. The Hall–Kier alpha value is -2.55. The molecule has 5 N–H and O–H groups in total. The molecule has 28 heavy (non-hydrogen) atoms. The van der Waals surface area contributed by atoms with Gasteiger partial charge in [-0.1, -0.05) is 6.92 Å². The molecule has 0 aromatic heterocycles. The highest BCUT2D eigenvalue weighted by molar-refractivity contribution is 6.04. The number of primary amides is 1. The number of likely N-dealkylation sites (tertiary alicyclic amines) is 1. The van der Waals surface area contributed by atoms with Crippen molar-refractivity contribution in [3.05, 3.63) is 34.9 Å². The van der Waals surface area contributed by atoms with E-state index < -0.39 is 29.0 Å². The number of nitrogens with two attached hydrogens (primary N) is 1. The highest BCUT2D eigenvalue weighted by Gasteiger charge is 2.57. The van der Waals surface area contributed by atoms with Crippen LogP contribution in [0.5, 0.6) is 0 Å². The van der Waals surface area contributed by atoms with Gasteiger partial charge in [-0.3, -0.25) is 4.79 Å². The second kappa shape index (κ2) is 6.23. The molecule has 2 atom stereocenters. The molecule has 2 heterocycles. The normalized spacial score (nSPS) is 29.6. The molecule has 1 saturated heterocycles. The quantitative estimate of drug-likeness (QED) is 0.579. The third-order valence-electron chi connectivity index (χ3n) is 5.93. The molecular formula is C19H22F3N5O. The lowest BCUT2D eigenvalue weighted by molar-refractivity contribution is 0.0891. The summed E-state index contributed by atoms with van der Waals surface area (Å²) in [7, 11) is 0. The van der Waals surface area contributed by atoms with Crippen LogP contribution in [0.4, 0.5) is 24.5 Å². The zero-order chi connectivity index (χ0) is 20.3. The summed E-state index contributed by atoms with van der Waals surface area (Å²) in [5.74, 6) is -4.00. The fourth-order valence-corrected chi connectivity index (χ4v) is 4.22. The van der Waals surface area contributed by atoms with Gasteiger partial charge in [0, 0.05) is 42.6 Å². The Labute approximate surface area is 160 Å². The van der Waals surface area contributed by atoms with E-state index in [0.717, 1.165) is 6.07 Å². The first-order valence-electron chi connectivity index (χ1n) is 9.16. The predicted molar refractivity (Wildman–Crippen MR) is 100 cm³/mol. The van der Waals surface area contributed by atoms with Crippen LogP contribution in [0.1, 0.15) is 30.1 Å². The van der Waals surface area contributed by atoms with Crippen LogP contribution in [-0.2, 0) is 0 Å². The van der Waals surface area contributed by atoms with Gasteiger partial charge in [-0.2, -0.15) is 0 Å². The highest BCUT2D eigenvalue weighted by atomic mass is 19.3. The molecule has 1 aromatic rings. The molecule has 2 fully saturated rings. The SMILES string of the molecule is CC1(/C(C=N)=C2\Nc3cc(F)cc(C(N)=O)c3N2)CCN(CC2CC2(F)F)C1. The Morgan fingerprint density at radius 1 is 1.43 bits per heavy atom. The van der Waals surface area contributed by atoms with Crippen molar-refractivity contribution in [1.82, 2.24) is 4.90 Å². The van der Waals surface area contributed by atoms with Crippen molar-refractivity contribution in [3.8, 4) is 0 Å². The third kappa shape index (κ3) is 3.13. The first kappa shape index (κ1) is 18.8. The van der Waals surface area contributed by atoms with E-state index in [1.54, 1.807) is 0 Å². The average Bonchev–Trinajstić information content (AvgIpc) is 2.94. The van der Waals surface area contributed by atoms with E-state index in [1.807, 2.05) is 11.8 Å². The van der Waals surface area contributed by atoms with Crippen LogP contribution in [-0.4, -0.2) is 42.6 Å².